The van der Waals surface area contributed by atoms with Gasteiger partial charge in [-0.25, -0.2) is 4.39 Å². The Bertz CT molecular complexity index is 1040. The van der Waals surface area contributed by atoms with Gasteiger partial charge in [-0.1, -0.05) is 66.4 Å². The number of rotatable bonds is 4. The molecule has 3 aromatic carbocycles. The lowest BCUT2D eigenvalue weighted by Gasteiger charge is -2.15. The summed E-state index contributed by atoms with van der Waals surface area (Å²) in [6.45, 7) is 0.356. The Balaban J connectivity index is 1.55. The van der Waals surface area contributed by atoms with Crippen molar-refractivity contribution in [1.82, 2.24) is 4.90 Å². The fourth-order valence-electron chi connectivity index (χ4n) is 2.90. The number of amidine groups is 1. The zero-order chi connectivity index (χ0) is 18.6. The molecule has 0 saturated carbocycles. The monoisotopic (exact) mass is 377 g/mol. The molecule has 0 unspecified atom stereocenters. The van der Waals surface area contributed by atoms with Gasteiger partial charge < -0.3 is 0 Å². The molecule has 1 aliphatic rings. The largest absolute Gasteiger partial charge is 0.285 e. The van der Waals surface area contributed by atoms with E-state index < -0.39 is 0 Å². The Kier molecular flexibility index (Phi) is 4.98. The third kappa shape index (κ3) is 3.90. The zero-order valence-electron chi connectivity index (χ0n) is 14.4. The molecule has 1 aliphatic heterocycles. The maximum atomic E-state index is 13.1. The molecule has 0 bridgehead atoms. The van der Waals surface area contributed by atoms with Crippen molar-refractivity contribution in [2.24, 2.45) is 10.2 Å². The summed E-state index contributed by atoms with van der Waals surface area (Å²) >= 11 is 1.36. The summed E-state index contributed by atoms with van der Waals surface area (Å²) in [6.07, 6.45) is 1.70. The van der Waals surface area contributed by atoms with Gasteiger partial charge in [0.25, 0.3) is 0 Å². The first kappa shape index (κ1) is 17.4. The molecule has 0 N–H and O–H groups in total. The molecule has 4 rings (SSSR count). The van der Waals surface area contributed by atoms with Gasteiger partial charge in [-0.15, -0.1) is 5.10 Å². The van der Waals surface area contributed by atoms with Crippen LogP contribution in [0.25, 0.3) is 10.8 Å². The lowest BCUT2D eigenvalue weighted by atomic mass is 10.1. The molecule has 3 aromatic rings. The first-order chi connectivity index (χ1) is 13.2. The van der Waals surface area contributed by atoms with Crippen LogP contribution >= 0.6 is 11.8 Å². The van der Waals surface area contributed by atoms with E-state index in [0.29, 0.717) is 17.5 Å². The number of benzene rings is 3. The van der Waals surface area contributed by atoms with Gasteiger partial charge in [-0.3, -0.25) is 9.69 Å². The third-order valence-electron chi connectivity index (χ3n) is 4.27. The number of fused-ring (bicyclic) bond motifs is 1. The van der Waals surface area contributed by atoms with Crippen LogP contribution in [0.5, 0.6) is 0 Å². The molecule has 134 valence electrons. The number of carbonyl (C=O) groups excluding carboxylic acids is 1. The second-order valence-electron chi connectivity index (χ2n) is 6.09. The number of carbonyl (C=O) groups is 1. The lowest BCUT2D eigenvalue weighted by Crippen LogP contribution is -2.28. The standard InChI is InChI=1S/C21H16FN3OS/c22-18-10-8-15(9-11-18)13-25-20(26)14-27-21(25)24-23-12-17-6-3-5-16-4-1-2-7-19(16)17/h1-12H,13-14H2/b23-12-,24-21+. The number of nitrogens with zero attached hydrogens (tertiary/aromatic N) is 3. The quantitative estimate of drug-likeness (QED) is 0.498. The number of hydrogen-bond donors (Lipinski definition) is 0. The summed E-state index contributed by atoms with van der Waals surface area (Å²) in [7, 11) is 0. The van der Waals surface area contributed by atoms with Crippen LogP contribution in [0.2, 0.25) is 0 Å². The van der Waals surface area contributed by atoms with Crippen LogP contribution in [0.1, 0.15) is 11.1 Å². The van der Waals surface area contributed by atoms with Crippen LogP contribution in [-0.4, -0.2) is 27.9 Å². The van der Waals surface area contributed by atoms with E-state index in [0.717, 1.165) is 21.9 Å². The minimum atomic E-state index is -0.297. The van der Waals surface area contributed by atoms with Gasteiger partial charge in [-0.2, -0.15) is 5.10 Å². The molecule has 6 heteroatoms. The average Bonchev–Trinajstić information content (AvgIpc) is 3.03. The zero-order valence-corrected chi connectivity index (χ0v) is 15.2. The Morgan fingerprint density at radius 3 is 2.67 bits per heavy atom. The van der Waals surface area contributed by atoms with Crippen molar-refractivity contribution < 1.29 is 9.18 Å². The predicted molar refractivity (Wildman–Crippen MR) is 108 cm³/mol. The minimum absolute atomic E-state index is 0.0246. The van der Waals surface area contributed by atoms with Gasteiger partial charge >= 0.3 is 0 Å². The molecule has 0 aliphatic carbocycles. The Morgan fingerprint density at radius 2 is 1.81 bits per heavy atom. The molecule has 0 aromatic heterocycles. The van der Waals surface area contributed by atoms with E-state index in [9.17, 15) is 9.18 Å². The van der Waals surface area contributed by atoms with Crippen LogP contribution in [0.15, 0.2) is 76.9 Å². The topological polar surface area (TPSA) is 45.0 Å². The van der Waals surface area contributed by atoms with Crippen molar-refractivity contribution in [3.63, 3.8) is 0 Å². The summed E-state index contributed by atoms with van der Waals surface area (Å²) in [5, 5.41) is 11.2. The summed E-state index contributed by atoms with van der Waals surface area (Å²) in [4.78, 5) is 13.7. The van der Waals surface area contributed by atoms with Crippen LogP contribution in [-0.2, 0) is 11.3 Å². The van der Waals surface area contributed by atoms with E-state index >= 15 is 0 Å². The Morgan fingerprint density at radius 1 is 1.04 bits per heavy atom. The molecule has 1 amide bonds. The van der Waals surface area contributed by atoms with Crippen LogP contribution < -0.4 is 0 Å². The highest BCUT2D eigenvalue weighted by molar-refractivity contribution is 8.15. The van der Waals surface area contributed by atoms with Crippen molar-refractivity contribution >= 4 is 39.8 Å². The van der Waals surface area contributed by atoms with E-state index in [-0.39, 0.29) is 11.7 Å². The van der Waals surface area contributed by atoms with Crippen molar-refractivity contribution in [3.05, 3.63) is 83.7 Å². The summed E-state index contributed by atoms with van der Waals surface area (Å²) in [6, 6.07) is 20.2. The molecular weight excluding hydrogens is 361 g/mol. The third-order valence-corrected chi connectivity index (χ3v) is 5.23. The molecule has 27 heavy (non-hydrogen) atoms. The number of amides is 1. The second-order valence-corrected chi connectivity index (χ2v) is 7.03. The normalized spacial score (nSPS) is 16.1. The first-order valence-corrected chi connectivity index (χ1v) is 9.46. The van der Waals surface area contributed by atoms with E-state index in [1.807, 2.05) is 30.3 Å². The average molecular weight is 377 g/mol. The van der Waals surface area contributed by atoms with E-state index in [1.165, 1.54) is 23.9 Å². The van der Waals surface area contributed by atoms with Gasteiger partial charge in [0.05, 0.1) is 18.5 Å². The highest BCUT2D eigenvalue weighted by Gasteiger charge is 2.28. The number of hydrogen-bond acceptors (Lipinski definition) is 4. The Labute approximate surface area is 160 Å². The fourth-order valence-corrected chi connectivity index (χ4v) is 3.74. The maximum Gasteiger partial charge on any atom is 0.239 e. The molecular formula is C21H16FN3OS. The molecule has 1 fully saturated rings. The van der Waals surface area contributed by atoms with Crippen molar-refractivity contribution in [2.75, 3.05) is 5.75 Å². The van der Waals surface area contributed by atoms with Gasteiger partial charge in [0.1, 0.15) is 5.82 Å². The molecule has 0 atom stereocenters. The highest BCUT2D eigenvalue weighted by Crippen LogP contribution is 2.22. The molecule has 4 nitrogen and oxygen atoms in total. The van der Waals surface area contributed by atoms with E-state index in [1.54, 1.807) is 23.2 Å². The predicted octanol–water partition coefficient (Wildman–Crippen LogP) is 4.44. The first-order valence-electron chi connectivity index (χ1n) is 8.47. The van der Waals surface area contributed by atoms with Crippen LogP contribution in [0.3, 0.4) is 0 Å². The van der Waals surface area contributed by atoms with Gasteiger partial charge in [-0.05, 0) is 28.5 Å². The SMILES string of the molecule is O=C1CS/C(=N/N=C\c2cccc3ccccc23)N1Cc1ccc(F)cc1. The van der Waals surface area contributed by atoms with E-state index in [2.05, 4.69) is 22.3 Å². The summed E-state index contributed by atoms with van der Waals surface area (Å²) in [5.41, 5.74) is 1.81. The molecule has 1 saturated heterocycles. The lowest BCUT2D eigenvalue weighted by molar-refractivity contribution is -0.124. The van der Waals surface area contributed by atoms with Gasteiger partial charge in [0.2, 0.25) is 5.91 Å². The van der Waals surface area contributed by atoms with Crippen molar-refractivity contribution in [2.45, 2.75) is 6.54 Å². The summed E-state index contributed by atoms with van der Waals surface area (Å²) < 4.78 is 13.1. The number of halogens is 1. The van der Waals surface area contributed by atoms with Crippen molar-refractivity contribution in [3.8, 4) is 0 Å². The summed E-state index contributed by atoms with van der Waals surface area (Å²) in [5.74, 6) is 0.0157. The van der Waals surface area contributed by atoms with Crippen LogP contribution in [0, 0.1) is 5.82 Å². The molecule has 1 heterocycles. The molecule has 0 spiro atoms. The minimum Gasteiger partial charge on any atom is -0.285 e. The van der Waals surface area contributed by atoms with Crippen LogP contribution in [0.4, 0.5) is 4.39 Å². The van der Waals surface area contributed by atoms with Gasteiger partial charge in [0, 0.05) is 5.56 Å². The fraction of sp³-hybridized carbons (Fsp3) is 0.0952. The maximum absolute atomic E-state index is 13.1. The van der Waals surface area contributed by atoms with E-state index in [4.69, 9.17) is 0 Å². The van der Waals surface area contributed by atoms with Gasteiger partial charge in [0.15, 0.2) is 5.17 Å². The molecule has 0 radical (unpaired) electrons. The second kappa shape index (κ2) is 7.72. The Hall–Kier alpha value is -2.99. The smallest absolute Gasteiger partial charge is 0.239 e. The highest BCUT2D eigenvalue weighted by atomic mass is 32.2. The van der Waals surface area contributed by atoms with Crippen molar-refractivity contribution in [1.29, 1.82) is 0 Å². The number of thioether (sulfide) groups is 1.